The Hall–Kier alpha value is -1.35. The van der Waals surface area contributed by atoms with E-state index in [2.05, 4.69) is 24.9 Å². The molecule has 0 amide bonds. The van der Waals surface area contributed by atoms with Gasteiger partial charge in [0.05, 0.1) is 6.61 Å². The second-order valence-corrected chi connectivity index (χ2v) is 5.17. The second-order valence-electron chi connectivity index (χ2n) is 5.17. The highest BCUT2D eigenvalue weighted by molar-refractivity contribution is 5.78. The maximum Gasteiger partial charge on any atom is 0.198 e. The molecular formula is C14H17NO2. The molecule has 90 valence electrons. The van der Waals surface area contributed by atoms with E-state index >= 15 is 0 Å². The van der Waals surface area contributed by atoms with Gasteiger partial charge < -0.3 is 9.52 Å². The van der Waals surface area contributed by atoms with E-state index in [1.807, 2.05) is 6.07 Å². The van der Waals surface area contributed by atoms with Gasteiger partial charge in [-0.15, -0.1) is 0 Å². The molecule has 0 bridgehead atoms. The van der Waals surface area contributed by atoms with Gasteiger partial charge in [0.2, 0.25) is 0 Å². The highest BCUT2D eigenvalue weighted by Crippen LogP contribution is 2.44. The Morgan fingerprint density at radius 2 is 2.18 bits per heavy atom. The van der Waals surface area contributed by atoms with Crippen molar-refractivity contribution in [3.8, 4) is 0 Å². The van der Waals surface area contributed by atoms with Gasteiger partial charge in [0.15, 0.2) is 11.5 Å². The minimum Gasteiger partial charge on any atom is -0.440 e. The van der Waals surface area contributed by atoms with Crippen molar-refractivity contribution in [2.24, 2.45) is 0 Å². The van der Waals surface area contributed by atoms with Crippen molar-refractivity contribution in [2.75, 3.05) is 0 Å². The summed E-state index contributed by atoms with van der Waals surface area (Å²) < 4.78 is 5.87. The van der Waals surface area contributed by atoms with Crippen LogP contribution in [-0.4, -0.2) is 10.1 Å². The fourth-order valence-corrected chi connectivity index (χ4v) is 2.17. The zero-order chi connectivity index (χ0) is 12.0. The van der Waals surface area contributed by atoms with E-state index in [1.54, 1.807) is 0 Å². The monoisotopic (exact) mass is 231 g/mol. The van der Waals surface area contributed by atoms with E-state index in [0.29, 0.717) is 11.8 Å². The lowest BCUT2D eigenvalue weighted by molar-refractivity contribution is 0.282. The van der Waals surface area contributed by atoms with Crippen molar-refractivity contribution in [1.82, 2.24) is 4.98 Å². The van der Waals surface area contributed by atoms with Gasteiger partial charge in [-0.2, -0.15) is 0 Å². The lowest BCUT2D eigenvalue weighted by atomic mass is 10.1. The molecule has 0 saturated heterocycles. The maximum absolute atomic E-state index is 9.28. The Kier molecular flexibility index (Phi) is 2.44. The molecule has 17 heavy (non-hydrogen) atoms. The van der Waals surface area contributed by atoms with Crippen LogP contribution in [-0.2, 0) is 6.61 Å². The average molecular weight is 231 g/mol. The van der Waals surface area contributed by atoms with Crippen molar-refractivity contribution in [1.29, 1.82) is 0 Å². The van der Waals surface area contributed by atoms with Crippen molar-refractivity contribution < 1.29 is 9.52 Å². The zero-order valence-electron chi connectivity index (χ0n) is 10.2. The van der Waals surface area contributed by atoms with Gasteiger partial charge in [-0.25, -0.2) is 4.98 Å². The number of aromatic nitrogens is 1. The second kappa shape index (κ2) is 3.84. The third-order valence-electron chi connectivity index (χ3n) is 3.29. The Morgan fingerprint density at radius 1 is 1.41 bits per heavy atom. The van der Waals surface area contributed by atoms with E-state index in [0.717, 1.165) is 22.6 Å². The molecule has 1 aliphatic carbocycles. The van der Waals surface area contributed by atoms with Crippen LogP contribution in [0.1, 0.15) is 55.5 Å². The van der Waals surface area contributed by atoms with Crippen LogP contribution in [0, 0.1) is 0 Å². The van der Waals surface area contributed by atoms with E-state index in [-0.39, 0.29) is 6.61 Å². The number of nitrogens with zero attached hydrogens (tertiary/aromatic N) is 1. The first kappa shape index (κ1) is 10.8. The van der Waals surface area contributed by atoms with Crippen LogP contribution in [0.25, 0.3) is 11.1 Å². The standard InChI is InChI=1S/C14H17NO2/c1-8(2)14-15-12-6-9(7-16)5-11(10-3-4-10)13(12)17-14/h5-6,8,10,16H,3-4,7H2,1-2H3. The lowest BCUT2D eigenvalue weighted by Crippen LogP contribution is -1.88. The number of oxazole rings is 1. The summed E-state index contributed by atoms with van der Waals surface area (Å²) in [4.78, 5) is 4.51. The molecule has 1 aromatic heterocycles. The van der Waals surface area contributed by atoms with Gasteiger partial charge in [-0.05, 0) is 36.5 Å². The number of rotatable bonds is 3. The summed E-state index contributed by atoms with van der Waals surface area (Å²) in [5.74, 6) is 1.70. The van der Waals surface area contributed by atoms with Crippen LogP contribution < -0.4 is 0 Å². The molecule has 0 spiro atoms. The van der Waals surface area contributed by atoms with Crippen molar-refractivity contribution >= 4 is 11.1 Å². The van der Waals surface area contributed by atoms with Gasteiger partial charge in [0.1, 0.15) is 5.52 Å². The highest BCUT2D eigenvalue weighted by atomic mass is 16.3. The topological polar surface area (TPSA) is 46.3 Å². The summed E-state index contributed by atoms with van der Waals surface area (Å²) >= 11 is 0. The summed E-state index contributed by atoms with van der Waals surface area (Å²) in [6.45, 7) is 4.22. The summed E-state index contributed by atoms with van der Waals surface area (Å²) in [7, 11) is 0. The van der Waals surface area contributed by atoms with Crippen molar-refractivity contribution in [3.05, 3.63) is 29.2 Å². The summed E-state index contributed by atoms with van der Waals surface area (Å²) in [5.41, 5.74) is 3.98. The van der Waals surface area contributed by atoms with Gasteiger partial charge in [-0.1, -0.05) is 13.8 Å². The molecule has 1 aliphatic rings. The third kappa shape index (κ3) is 1.84. The molecule has 3 heteroatoms. The molecule has 0 unspecified atom stereocenters. The first-order chi connectivity index (χ1) is 8.19. The van der Waals surface area contributed by atoms with Crippen molar-refractivity contribution in [3.63, 3.8) is 0 Å². The molecule has 0 radical (unpaired) electrons. The summed E-state index contributed by atoms with van der Waals surface area (Å²) in [6, 6.07) is 3.99. The number of aliphatic hydroxyl groups excluding tert-OH is 1. The van der Waals surface area contributed by atoms with Crippen LogP contribution in [0.3, 0.4) is 0 Å². The molecule has 1 saturated carbocycles. The Labute approximate surface area is 100 Å². The largest absolute Gasteiger partial charge is 0.440 e. The molecule has 0 atom stereocenters. The quantitative estimate of drug-likeness (QED) is 0.881. The first-order valence-corrected chi connectivity index (χ1v) is 6.23. The van der Waals surface area contributed by atoms with Crippen LogP contribution in [0.15, 0.2) is 16.5 Å². The minimum absolute atomic E-state index is 0.0690. The fourth-order valence-electron chi connectivity index (χ4n) is 2.17. The molecule has 1 fully saturated rings. The predicted octanol–water partition coefficient (Wildman–Crippen LogP) is 3.32. The molecule has 1 N–H and O–H groups in total. The Balaban J connectivity index is 2.21. The van der Waals surface area contributed by atoms with E-state index in [9.17, 15) is 5.11 Å². The number of fused-ring (bicyclic) bond motifs is 1. The van der Waals surface area contributed by atoms with E-state index in [4.69, 9.17) is 4.42 Å². The number of hydrogen-bond acceptors (Lipinski definition) is 3. The molecule has 3 nitrogen and oxygen atoms in total. The van der Waals surface area contributed by atoms with Crippen LogP contribution in [0.5, 0.6) is 0 Å². The van der Waals surface area contributed by atoms with Gasteiger partial charge in [0, 0.05) is 11.5 Å². The predicted molar refractivity (Wildman–Crippen MR) is 66.0 cm³/mol. The molecule has 3 rings (SSSR count). The lowest BCUT2D eigenvalue weighted by Gasteiger charge is -2.02. The first-order valence-electron chi connectivity index (χ1n) is 6.23. The maximum atomic E-state index is 9.28. The zero-order valence-corrected chi connectivity index (χ0v) is 10.2. The molecule has 0 aliphatic heterocycles. The number of aliphatic hydroxyl groups is 1. The number of benzene rings is 1. The SMILES string of the molecule is CC(C)c1nc2cc(CO)cc(C3CC3)c2o1. The van der Waals surface area contributed by atoms with Crippen LogP contribution >= 0.6 is 0 Å². The Bertz CT molecular complexity index is 553. The minimum atomic E-state index is 0.0690. The highest BCUT2D eigenvalue weighted by Gasteiger charge is 2.28. The van der Waals surface area contributed by atoms with E-state index < -0.39 is 0 Å². The van der Waals surface area contributed by atoms with Gasteiger partial charge >= 0.3 is 0 Å². The van der Waals surface area contributed by atoms with Gasteiger partial charge in [0.25, 0.3) is 0 Å². The average Bonchev–Trinajstić information content (AvgIpc) is 3.06. The van der Waals surface area contributed by atoms with E-state index in [1.165, 1.54) is 18.4 Å². The van der Waals surface area contributed by atoms with Crippen LogP contribution in [0.2, 0.25) is 0 Å². The Morgan fingerprint density at radius 3 is 2.76 bits per heavy atom. The molecule has 1 heterocycles. The molecule has 1 aromatic carbocycles. The fraction of sp³-hybridized carbons (Fsp3) is 0.500. The van der Waals surface area contributed by atoms with Crippen LogP contribution in [0.4, 0.5) is 0 Å². The van der Waals surface area contributed by atoms with Gasteiger partial charge in [-0.3, -0.25) is 0 Å². The molecule has 2 aromatic rings. The summed E-state index contributed by atoms with van der Waals surface area (Å²) in [6.07, 6.45) is 2.45. The normalized spacial score (nSPS) is 16.0. The van der Waals surface area contributed by atoms with Crippen molar-refractivity contribution in [2.45, 2.75) is 45.1 Å². The molecular weight excluding hydrogens is 214 g/mol. The number of hydrogen-bond donors (Lipinski definition) is 1. The third-order valence-corrected chi connectivity index (χ3v) is 3.29. The smallest absolute Gasteiger partial charge is 0.198 e. The summed E-state index contributed by atoms with van der Waals surface area (Å²) in [5, 5.41) is 9.28.